The molecule has 4 aromatic rings. The van der Waals surface area contributed by atoms with E-state index in [1.54, 1.807) is 36.4 Å². The lowest BCUT2D eigenvalue weighted by Crippen LogP contribution is -2.69. The molecule has 13 heteroatoms. The number of ketones is 1. The van der Waals surface area contributed by atoms with E-state index in [0.29, 0.717) is 22.4 Å². The van der Waals surface area contributed by atoms with E-state index in [-0.39, 0.29) is 23.9 Å². The van der Waals surface area contributed by atoms with Crippen LogP contribution in [0.3, 0.4) is 0 Å². The summed E-state index contributed by atoms with van der Waals surface area (Å²) in [5, 5.41) is 7.22. The van der Waals surface area contributed by atoms with E-state index in [2.05, 4.69) is 16.0 Å². The Kier molecular flexibility index (Phi) is 11.6. The predicted octanol–water partition coefficient (Wildman–Crippen LogP) is 3.72. The molecule has 0 radical (unpaired) electrons. The third-order valence-electron chi connectivity index (χ3n) is 8.03. The summed E-state index contributed by atoms with van der Waals surface area (Å²) in [7, 11) is 1.22. The first-order chi connectivity index (χ1) is 24.1. The maximum atomic E-state index is 13.9. The summed E-state index contributed by atoms with van der Waals surface area (Å²) < 4.78 is 37.6. The van der Waals surface area contributed by atoms with Crippen LogP contribution in [0.5, 0.6) is 5.75 Å². The van der Waals surface area contributed by atoms with Crippen LogP contribution in [0.2, 0.25) is 0 Å². The minimum atomic E-state index is -1.11. The molecular formula is C37H33F2N3O7S. The van der Waals surface area contributed by atoms with Crippen LogP contribution in [0.4, 0.5) is 8.78 Å². The molecule has 0 saturated carbocycles. The lowest BCUT2D eigenvalue weighted by Gasteiger charge is -2.49. The van der Waals surface area contributed by atoms with Crippen molar-refractivity contribution in [3.63, 3.8) is 0 Å². The number of hydrogen-bond acceptors (Lipinski definition) is 8. The van der Waals surface area contributed by atoms with E-state index < -0.39 is 59.4 Å². The van der Waals surface area contributed by atoms with Gasteiger partial charge in [-0.2, -0.15) is 0 Å². The fourth-order valence-corrected chi connectivity index (χ4v) is 6.75. The third kappa shape index (κ3) is 8.53. The highest BCUT2D eigenvalue weighted by molar-refractivity contribution is 8.01. The zero-order valence-electron chi connectivity index (χ0n) is 26.8. The van der Waals surface area contributed by atoms with E-state index in [1.165, 1.54) is 43.5 Å². The molecule has 50 heavy (non-hydrogen) atoms. The van der Waals surface area contributed by atoms with E-state index in [1.807, 2.05) is 30.3 Å². The highest BCUT2D eigenvalue weighted by atomic mass is 32.2. The Morgan fingerprint density at radius 3 is 2.04 bits per heavy atom. The molecule has 1 saturated heterocycles. The van der Waals surface area contributed by atoms with Gasteiger partial charge in [0.2, 0.25) is 11.8 Å². The molecule has 1 fully saturated rings. The number of carbonyl (C=O) groups excluding carboxylic acids is 5. The first kappa shape index (κ1) is 35.7. The molecule has 5 rings (SSSR count). The Labute approximate surface area is 290 Å². The average Bonchev–Trinajstić information content (AvgIpc) is 3.12. The highest BCUT2D eigenvalue weighted by Gasteiger charge is 2.56. The lowest BCUT2D eigenvalue weighted by atomic mass is 9.74. The van der Waals surface area contributed by atoms with Gasteiger partial charge in [0.15, 0.2) is 12.4 Å². The SMILES string of the molecule is COC(=O)[C@H](Cc1ccccc1)NC(=O)CNC(=O)COc1ccc([C@]2(c3ccc(F)cc3)NC(=O)[C@@H]2SCC(=O)c2ccc(F)cc2)cc1. The molecular weight excluding hydrogens is 668 g/mol. The Morgan fingerprint density at radius 2 is 1.44 bits per heavy atom. The van der Waals surface area contributed by atoms with Crippen LogP contribution in [-0.4, -0.2) is 66.8 Å². The number of carbonyl (C=O) groups is 5. The number of halogens is 2. The average molecular weight is 702 g/mol. The zero-order valence-corrected chi connectivity index (χ0v) is 27.6. The summed E-state index contributed by atoms with van der Waals surface area (Å²) in [6.07, 6.45) is 0.214. The first-order valence-electron chi connectivity index (χ1n) is 15.5. The van der Waals surface area contributed by atoms with Crippen molar-refractivity contribution >= 4 is 41.2 Å². The van der Waals surface area contributed by atoms with Gasteiger partial charge in [-0.1, -0.05) is 54.6 Å². The van der Waals surface area contributed by atoms with Gasteiger partial charge in [0, 0.05) is 12.0 Å². The van der Waals surface area contributed by atoms with Crippen molar-refractivity contribution in [2.45, 2.75) is 23.3 Å². The van der Waals surface area contributed by atoms with Gasteiger partial charge in [-0.15, -0.1) is 11.8 Å². The van der Waals surface area contributed by atoms with Crippen LogP contribution in [-0.2, 0) is 35.9 Å². The number of thioether (sulfide) groups is 1. The first-order valence-corrected chi connectivity index (χ1v) is 16.5. The maximum absolute atomic E-state index is 13.9. The minimum Gasteiger partial charge on any atom is -0.484 e. The number of β-lactam (4-membered cyclic amide) rings is 1. The van der Waals surface area contributed by atoms with Gasteiger partial charge >= 0.3 is 5.97 Å². The van der Waals surface area contributed by atoms with Crippen LogP contribution in [0.1, 0.15) is 27.0 Å². The summed E-state index contributed by atoms with van der Waals surface area (Å²) in [6.45, 7) is -0.813. The van der Waals surface area contributed by atoms with E-state index >= 15 is 0 Å². The summed E-state index contributed by atoms with van der Waals surface area (Å²) in [5.41, 5.74) is 1.24. The van der Waals surface area contributed by atoms with Crippen LogP contribution >= 0.6 is 11.8 Å². The Morgan fingerprint density at radius 1 is 0.840 bits per heavy atom. The molecule has 3 N–H and O–H groups in total. The molecule has 1 aliphatic rings. The monoisotopic (exact) mass is 701 g/mol. The highest BCUT2D eigenvalue weighted by Crippen LogP contribution is 2.46. The summed E-state index contributed by atoms with van der Waals surface area (Å²) in [4.78, 5) is 62.9. The number of amides is 3. The van der Waals surface area contributed by atoms with Crippen molar-refractivity contribution in [3.8, 4) is 5.75 Å². The van der Waals surface area contributed by atoms with E-state index in [9.17, 15) is 32.8 Å². The van der Waals surface area contributed by atoms with Crippen molar-refractivity contribution in [1.82, 2.24) is 16.0 Å². The van der Waals surface area contributed by atoms with Crippen molar-refractivity contribution < 1.29 is 42.2 Å². The fraction of sp³-hybridized carbons (Fsp3) is 0.216. The zero-order chi connectivity index (χ0) is 35.7. The van der Waals surface area contributed by atoms with Gasteiger partial charge in [0.1, 0.15) is 34.2 Å². The minimum absolute atomic E-state index is 0.0582. The van der Waals surface area contributed by atoms with E-state index in [0.717, 1.165) is 17.3 Å². The van der Waals surface area contributed by atoms with Crippen LogP contribution in [0.15, 0.2) is 103 Å². The molecule has 10 nitrogen and oxygen atoms in total. The normalized spacial score (nSPS) is 17.0. The summed E-state index contributed by atoms with van der Waals surface area (Å²) in [6, 6.07) is 25.6. The maximum Gasteiger partial charge on any atom is 0.328 e. The molecule has 3 atom stereocenters. The Hall–Kier alpha value is -5.56. The van der Waals surface area contributed by atoms with E-state index in [4.69, 9.17) is 9.47 Å². The number of benzene rings is 4. The molecule has 0 aromatic heterocycles. The molecule has 1 aliphatic heterocycles. The number of ether oxygens (including phenoxy) is 2. The van der Waals surface area contributed by atoms with Gasteiger partial charge in [-0.05, 0) is 65.2 Å². The number of rotatable bonds is 15. The number of nitrogens with one attached hydrogen (secondary N) is 3. The molecule has 3 amide bonds. The molecule has 0 bridgehead atoms. The number of methoxy groups -OCH3 is 1. The standard InChI is InChI=1S/C37H33F2N3O7S/c1-48-36(47)30(19-23-5-3-2-4-6-23)41-32(44)20-40-33(45)21-49-29-17-11-26(12-18-29)37(25-9-15-28(39)16-10-25)34(35(46)42-37)50-22-31(43)24-7-13-27(38)14-8-24/h2-18,30,34H,19-22H2,1H3,(H,40,45)(H,41,44)(H,42,46)/t30-,34-,37-/m0/s1. The third-order valence-corrected chi connectivity index (χ3v) is 9.36. The van der Waals surface area contributed by atoms with Crippen molar-refractivity contribution in [2.24, 2.45) is 0 Å². The van der Waals surface area contributed by atoms with Crippen LogP contribution in [0, 0.1) is 11.6 Å². The Balaban J connectivity index is 1.19. The van der Waals surface area contributed by atoms with Crippen LogP contribution in [0.25, 0.3) is 0 Å². The van der Waals surface area contributed by atoms with Gasteiger partial charge < -0.3 is 25.4 Å². The van der Waals surface area contributed by atoms with Gasteiger partial charge in [-0.25, -0.2) is 13.6 Å². The molecule has 4 aromatic carbocycles. The van der Waals surface area contributed by atoms with Crippen LogP contribution < -0.4 is 20.7 Å². The van der Waals surface area contributed by atoms with Crippen molar-refractivity contribution in [1.29, 1.82) is 0 Å². The second-order valence-electron chi connectivity index (χ2n) is 11.3. The topological polar surface area (TPSA) is 140 Å². The van der Waals surface area contributed by atoms with Gasteiger partial charge in [0.05, 0.1) is 19.4 Å². The lowest BCUT2D eigenvalue weighted by molar-refractivity contribution is -0.145. The predicted molar refractivity (Wildman–Crippen MR) is 181 cm³/mol. The molecule has 0 unspecified atom stereocenters. The smallest absolute Gasteiger partial charge is 0.328 e. The second kappa shape index (κ2) is 16.2. The van der Waals surface area contributed by atoms with Crippen molar-refractivity contribution in [3.05, 3.63) is 137 Å². The number of Topliss-reactive ketones (excluding diaryl/α,β-unsaturated/α-hetero) is 1. The molecule has 1 heterocycles. The quantitative estimate of drug-likeness (QED) is 0.0969. The summed E-state index contributed by atoms with van der Waals surface area (Å²) in [5.74, 6) is -3.05. The molecule has 258 valence electrons. The number of hydrogen-bond donors (Lipinski definition) is 3. The van der Waals surface area contributed by atoms with Gasteiger partial charge in [-0.3, -0.25) is 19.2 Å². The van der Waals surface area contributed by atoms with Crippen molar-refractivity contribution in [2.75, 3.05) is 26.0 Å². The van der Waals surface area contributed by atoms with Gasteiger partial charge in [0.25, 0.3) is 5.91 Å². The Bertz CT molecular complexity index is 1840. The molecule has 0 spiro atoms. The molecule has 0 aliphatic carbocycles. The number of esters is 1. The fourth-order valence-electron chi connectivity index (χ4n) is 5.47. The second-order valence-corrected chi connectivity index (χ2v) is 12.4. The summed E-state index contributed by atoms with van der Waals surface area (Å²) >= 11 is 1.12. The largest absolute Gasteiger partial charge is 0.484 e.